The molecular formula is C17H34N2O4. The van der Waals surface area contributed by atoms with E-state index in [1.165, 1.54) is 27.1 Å². The van der Waals surface area contributed by atoms with Crippen molar-refractivity contribution in [3.63, 3.8) is 0 Å². The topological polar surface area (TPSA) is 59.1 Å². The van der Waals surface area contributed by atoms with E-state index < -0.39 is 0 Å². The monoisotopic (exact) mass is 330 g/mol. The summed E-state index contributed by atoms with van der Waals surface area (Å²) in [6, 6.07) is 0. The maximum Gasteiger partial charge on any atom is 0.305 e. The lowest BCUT2D eigenvalue weighted by Gasteiger charge is -2.22. The van der Waals surface area contributed by atoms with Gasteiger partial charge in [-0.25, -0.2) is 0 Å². The standard InChI is InChI=1S/C17H34N2O4/c1-18(2)12-6-5-7-13-19(14-8-10-16(20)22-3)15-9-11-17(21)23-4/h5-15H2,1-4H3. The van der Waals surface area contributed by atoms with Crippen molar-refractivity contribution in [3.05, 3.63) is 0 Å². The number of nitrogens with zero attached hydrogens (tertiary/aromatic N) is 2. The van der Waals surface area contributed by atoms with Crippen molar-refractivity contribution in [1.29, 1.82) is 0 Å². The van der Waals surface area contributed by atoms with E-state index in [4.69, 9.17) is 0 Å². The fourth-order valence-electron chi connectivity index (χ4n) is 2.37. The molecule has 0 rings (SSSR count). The molecule has 0 aromatic rings. The molecule has 136 valence electrons. The molecule has 0 amide bonds. The van der Waals surface area contributed by atoms with E-state index in [1.54, 1.807) is 0 Å². The van der Waals surface area contributed by atoms with Gasteiger partial charge in [-0.05, 0) is 66.0 Å². The van der Waals surface area contributed by atoms with Crippen LogP contribution < -0.4 is 0 Å². The molecule has 0 saturated carbocycles. The third-order valence-corrected chi connectivity index (χ3v) is 3.75. The van der Waals surface area contributed by atoms with Gasteiger partial charge in [0.1, 0.15) is 0 Å². The summed E-state index contributed by atoms with van der Waals surface area (Å²) in [5, 5.41) is 0. The fourth-order valence-corrected chi connectivity index (χ4v) is 2.37. The van der Waals surface area contributed by atoms with Crippen LogP contribution in [-0.2, 0) is 19.1 Å². The summed E-state index contributed by atoms with van der Waals surface area (Å²) in [6.07, 6.45) is 6.03. The Morgan fingerprint density at radius 3 is 1.57 bits per heavy atom. The van der Waals surface area contributed by atoms with Crippen molar-refractivity contribution in [2.24, 2.45) is 0 Å². The van der Waals surface area contributed by atoms with Gasteiger partial charge >= 0.3 is 11.9 Å². The van der Waals surface area contributed by atoms with Gasteiger partial charge in [0.2, 0.25) is 0 Å². The summed E-state index contributed by atoms with van der Waals surface area (Å²) < 4.78 is 9.34. The summed E-state index contributed by atoms with van der Waals surface area (Å²) in [7, 11) is 7.01. The molecule has 0 aliphatic heterocycles. The highest BCUT2D eigenvalue weighted by Crippen LogP contribution is 2.05. The molecule has 0 heterocycles. The van der Waals surface area contributed by atoms with Gasteiger partial charge in [-0.15, -0.1) is 0 Å². The molecule has 0 fully saturated rings. The highest BCUT2D eigenvalue weighted by atomic mass is 16.5. The predicted octanol–water partition coefficient (Wildman–Crippen LogP) is 1.93. The first kappa shape index (κ1) is 21.9. The van der Waals surface area contributed by atoms with Gasteiger partial charge in [0, 0.05) is 12.8 Å². The van der Waals surface area contributed by atoms with Gasteiger partial charge in [-0.3, -0.25) is 9.59 Å². The van der Waals surface area contributed by atoms with Crippen molar-refractivity contribution in [2.75, 3.05) is 54.5 Å². The summed E-state index contributed by atoms with van der Waals surface area (Å²) in [5.41, 5.74) is 0. The maximum absolute atomic E-state index is 11.2. The molecule has 0 radical (unpaired) electrons. The molecule has 23 heavy (non-hydrogen) atoms. The van der Waals surface area contributed by atoms with Crippen molar-refractivity contribution < 1.29 is 19.1 Å². The third-order valence-electron chi connectivity index (χ3n) is 3.75. The van der Waals surface area contributed by atoms with Crippen LogP contribution in [-0.4, -0.2) is 76.2 Å². The van der Waals surface area contributed by atoms with Crippen LogP contribution in [0.25, 0.3) is 0 Å². The van der Waals surface area contributed by atoms with Gasteiger partial charge in [0.15, 0.2) is 0 Å². The first-order chi connectivity index (χ1) is 11.0. The van der Waals surface area contributed by atoms with Gasteiger partial charge < -0.3 is 19.3 Å². The molecule has 0 aliphatic carbocycles. The third kappa shape index (κ3) is 14.2. The molecule has 6 nitrogen and oxygen atoms in total. The number of methoxy groups -OCH3 is 2. The Labute approximate surface area is 141 Å². The van der Waals surface area contributed by atoms with Crippen molar-refractivity contribution >= 4 is 11.9 Å². The lowest BCUT2D eigenvalue weighted by molar-refractivity contribution is -0.141. The number of hydrogen-bond acceptors (Lipinski definition) is 6. The predicted molar refractivity (Wildman–Crippen MR) is 91.3 cm³/mol. The van der Waals surface area contributed by atoms with Crippen LogP contribution in [0.4, 0.5) is 0 Å². The summed E-state index contributed by atoms with van der Waals surface area (Å²) in [5.74, 6) is -0.323. The van der Waals surface area contributed by atoms with Crippen LogP contribution in [0.1, 0.15) is 44.9 Å². The number of carbonyl (C=O) groups is 2. The van der Waals surface area contributed by atoms with E-state index in [0.717, 1.165) is 45.4 Å². The first-order valence-electron chi connectivity index (χ1n) is 8.50. The van der Waals surface area contributed by atoms with Crippen LogP contribution in [0, 0.1) is 0 Å². The lowest BCUT2D eigenvalue weighted by atomic mass is 10.2. The second-order valence-corrected chi connectivity index (χ2v) is 6.06. The Balaban J connectivity index is 3.99. The molecule has 0 aliphatic rings. The van der Waals surface area contributed by atoms with E-state index in [9.17, 15) is 9.59 Å². The van der Waals surface area contributed by atoms with Gasteiger partial charge in [-0.1, -0.05) is 6.42 Å². The summed E-state index contributed by atoms with van der Waals surface area (Å²) >= 11 is 0. The van der Waals surface area contributed by atoms with Crippen LogP contribution >= 0.6 is 0 Å². The first-order valence-corrected chi connectivity index (χ1v) is 8.50. The Morgan fingerprint density at radius 2 is 1.13 bits per heavy atom. The normalized spacial score (nSPS) is 11.0. The van der Waals surface area contributed by atoms with Crippen LogP contribution in [0.2, 0.25) is 0 Å². The highest BCUT2D eigenvalue weighted by Gasteiger charge is 2.08. The minimum Gasteiger partial charge on any atom is -0.469 e. The largest absolute Gasteiger partial charge is 0.469 e. The molecule has 0 spiro atoms. The minimum atomic E-state index is -0.162. The maximum atomic E-state index is 11.2. The molecule has 0 saturated heterocycles. The summed E-state index contributed by atoms with van der Waals surface area (Å²) in [4.78, 5) is 26.9. The number of carbonyl (C=O) groups excluding carboxylic acids is 2. The van der Waals surface area contributed by atoms with Crippen LogP contribution in [0.5, 0.6) is 0 Å². The van der Waals surface area contributed by atoms with Crippen LogP contribution in [0.15, 0.2) is 0 Å². The number of esters is 2. The minimum absolute atomic E-state index is 0.162. The fraction of sp³-hybridized carbons (Fsp3) is 0.882. The molecule has 6 heteroatoms. The van der Waals surface area contributed by atoms with Crippen molar-refractivity contribution in [2.45, 2.75) is 44.9 Å². The van der Waals surface area contributed by atoms with E-state index in [-0.39, 0.29) is 11.9 Å². The molecule has 0 bridgehead atoms. The number of ether oxygens (including phenoxy) is 2. The molecule has 0 unspecified atom stereocenters. The zero-order valence-corrected chi connectivity index (χ0v) is 15.3. The quantitative estimate of drug-likeness (QED) is 0.358. The second kappa shape index (κ2) is 14.5. The Hall–Kier alpha value is -1.14. The smallest absolute Gasteiger partial charge is 0.305 e. The van der Waals surface area contributed by atoms with Crippen molar-refractivity contribution in [1.82, 2.24) is 9.80 Å². The van der Waals surface area contributed by atoms with Gasteiger partial charge in [-0.2, -0.15) is 0 Å². The number of unbranched alkanes of at least 4 members (excludes halogenated alkanes) is 2. The second-order valence-electron chi connectivity index (χ2n) is 6.06. The number of rotatable bonds is 14. The van der Waals surface area contributed by atoms with Crippen LogP contribution in [0.3, 0.4) is 0 Å². The van der Waals surface area contributed by atoms with Crippen molar-refractivity contribution in [3.8, 4) is 0 Å². The van der Waals surface area contributed by atoms with E-state index in [1.807, 2.05) is 0 Å². The Kier molecular flexibility index (Phi) is 13.7. The molecule has 0 aromatic carbocycles. The average Bonchev–Trinajstić information content (AvgIpc) is 2.53. The van der Waals surface area contributed by atoms with Gasteiger partial charge in [0.05, 0.1) is 14.2 Å². The lowest BCUT2D eigenvalue weighted by Crippen LogP contribution is -2.28. The molecule has 0 atom stereocenters. The number of hydrogen-bond donors (Lipinski definition) is 0. The molecule has 0 N–H and O–H groups in total. The van der Waals surface area contributed by atoms with E-state index >= 15 is 0 Å². The van der Waals surface area contributed by atoms with Gasteiger partial charge in [0.25, 0.3) is 0 Å². The highest BCUT2D eigenvalue weighted by molar-refractivity contribution is 5.69. The zero-order chi connectivity index (χ0) is 17.5. The average molecular weight is 330 g/mol. The summed E-state index contributed by atoms with van der Waals surface area (Å²) in [6.45, 7) is 3.86. The Morgan fingerprint density at radius 1 is 0.696 bits per heavy atom. The van der Waals surface area contributed by atoms with E-state index in [2.05, 4.69) is 33.4 Å². The molecule has 0 aromatic heterocycles. The molecular weight excluding hydrogens is 296 g/mol. The SMILES string of the molecule is COC(=O)CCCN(CCCCCN(C)C)CCCC(=O)OC. The zero-order valence-electron chi connectivity index (χ0n) is 15.3. The Bertz CT molecular complexity index is 300. The van der Waals surface area contributed by atoms with E-state index in [0.29, 0.717) is 12.8 Å².